The summed E-state index contributed by atoms with van der Waals surface area (Å²) >= 11 is 4.83. The van der Waals surface area contributed by atoms with Gasteiger partial charge in [0.1, 0.15) is 0 Å². The van der Waals surface area contributed by atoms with E-state index in [2.05, 4.69) is 68.3 Å². The number of nitrogens with zero attached hydrogens (tertiary/aromatic N) is 3. The van der Waals surface area contributed by atoms with Gasteiger partial charge in [0.15, 0.2) is 5.16 Å². The normalized spacial score (nSPS) is 11.3. The van der Waals surface area contributed by atoms with Crippen molar-refractivity contribution in [2.24, 2.45) is 5.10 Å². The van der Waals surface area contributed by atoms with Gasteiger partial charge in [-0.1, -0.05) is 81.8 Å². The highest BCUT2D eigenvalue weighted by atomic mass is 79.9. The first-order chi connectivity index (χ1) is 15.1. The van der Waals surface area contributed by atoms with E-state index in [1.807, 2.05) is 42.5 Å². The lowest BCUT2D eigenvalue weighted by molar-refractivity contribution is -0.118. The summed E-state index contributed by atoms with van der Waals surface area (Å²) in [4.78, 5) is 17.0. The molecule has 0 bridgehead atoms. The third-order valence-electron chi connectivity index (χ3n) is 4.66. The molecule has 1 heterocycles. The van der Waals surface area contributed by atoms with E-state index in [1.54, 1.807) is 6.21 Å². The highest BCUT2D eigenvalue weighted by molar-refractivity contribution is 9.10. The van der Waals surface area contributed by atoms with Crippen LogP contribution in [0.15, 0.2) is 87.5 Å². The zero-order valence-corrected chi connectivity index (χ0v) is 19.4. The van der Waals surface area contributed by atoms with Gasteiger partial charge in [-0.2, -0.15) is 5.10 Å². The number of thioether (sulfide) groups is 1. The summed E-state index contributed by atoms with van der Waals surface area (Å²) in [5.41, 5.74) is 7.89. The Morgan fingerprint density at radius 2 is 1.94 bits per heavy atom. The van der Waals surface area contributed by atoms with E-state index in [0.717, 1.165) is 26.2 Å². The van der Waals surface area contributed by atoms with Crippen LogP contribution in [0.4, 0.5) is 0 Å². The van der Waals surface area contributed by atoms with Crippen LogP contribution in [0, 0.1) is 6.92 Å². The molecule has 0 unspecified atom stereocenters. The third kappa shape index (κ3) is 5.62. The van der Waals surface area contributed by atoms with Crippen molar-refractivity contribution in [3.05, 3.63) is 94.0 Å². The van der Waals surface area contributed by atoms with Crippen LogP contribution < -0.4 is 5.43 Å². The molecule has 0 aliphatic carbocycles. The number of imidazole rings is 1. The predicted octanol–water partition coefficient (Wildman–Crippen LogP) is 5.40. The Kier molecular flexibility index (Phi) is 6.84. The van der Waals surface area contributed by atoms with Gasteiger partial charge in [0, 0.05) is 4.47 Å². The molecule has 0 atom stereocenters. The van der Waals surface area contributed by atoms with E-state index in [4.69, 9.17) is 4.98 Å². The molecule has 156 valence electrons. The molecule has 0 aliphatic heterocycles. The molecule has 0 saturated heterocycles. The number of para-hydroxylation sites is 2. The van der Waals surface area contributed by atoms with E-state index in [0.29, 0.717) is 6.54 Å². The maximum atomic E-state index is 12.3. The number of amides is 1. The minimum absolute atomic E-state index is 0.176. The van der Waals surface area contributed by atoms with Gasteiger partial charge in [-0.05, 0) is 42.3 Å². The SMILES string of the molecule is Cc1ccc(Cn2c(SCC(=O)NN=Cc3cccc(Br)c3)nc3ccccc32)cc1. The molecule has 31 heavy (non-hydrogen) atoms. The first-order valence-electron chi connectivity index (χ1n) is 9.79. The Morgan fingerprint density at radius 3 is 2.74 bits per heavy atom. The number of carbonyl (C=O) groups excluding carboxylic acids is 1. The number of fused-ring (bicyclic) bond motifs is 1. The summed E-state index contributed by atoms with van der Waals surface area (Å²) in [7, 11) is 0. The fourth-order valence-electron chi connectivity index (χ4n) is 3.12. The van der Waals surface area contributed by atoms with Crippen LogP contribution in [-0.2, 0) is 11.3 Å². The summed E-state index contributed by atoms with van der Waals surface area (Å²) in [6.45, 7) is 2.78. The Hall–Kier alpha value is -2.90. The predicted molar refractivity (Wildman–Crippen MR) is 131 cm³/mol. The second kappa shape index (κ2) is 9.94. The molecule has 4 aromatic rings. The fraction of sp³-hybridized carbons (Fsp3) is 0.125. The number of aryl methyl sites for hydroxylation is 1. The van der Waals surface area contributed by atoms with Gasteiger partial charge >= 0.3 is 0 Å². The average molecular weight is 493 g/mol. The van der Waals surface area contributed by atoms with Crippen molar-refractivity contribution in [1.29, 1.82) is 0 Å². The quantitative estimate of drug-likeness (QED) is 0.213. The van der Waals surface area contributed by atoms with Crippen LogP contribution in [0.25, 0.3) is 11.0 Å². The smallest absolute Gasteiger partial charge is 0.250 e. The number of nitrogens with one attached hydrogen (secondary N) is 1. The number of hydrogen-bond donors (Lipinski definition) is 1. The van der Waals surface area contributed by atoms with Gasteiger partial charge < -0.3 is 4.57 Å². The van der Waals surface area contributed by atoms with Crippen LogP contribution in [-0.4, -0.2) is 27.4 Å². The van der Waals surface area contributed by atoms with Crippen molar-refractivity contribution in [2.45, 2.75) is 18.6 Å². The lowest BCUT2D eigenvalue weighted by Gasteiger charge is -2.09. The molecule has 4 rings (SSSR count). The second-order valence-corrected chi connectivity index (χ2v) is 8.95. The fourth-order valence-corrected chi connectivity index (χ4v) is 4.34. The molecular weight excluding hydrogens is 472 g/mol. The number of rotatable bonds is 7. The number of carbonyl (C=O) groups is 1. The lowest BCUT2D eigenvalue weighted by Crippen LogP contribution is -2.20. The van der Waals surface area contributed by atoms with Crippen LogP contribution >= 0.6 is 27.7 Å². The molecule has 0 spiro atoms. The van der Waals surface area contributed by atoms with Crippen LogP contribution in [0.5, 0.6) is 0 Å². The minimum Gasteiger partial charge on any atom is -0.314 e. The maximum absolute atomic E-state index is 12.3. The minimum atomic E-state index is -0.176. The molecular formula is C24H21BrN4OS. The number of aromatic nitrogens is 2. The van der Waals surface area contributed by atoms with Crippen molar-refractivity contribution in [3.8, 4) is 0 Å². The molecule has 3 aromatic carbocycles. The molecule has 0 radical (unpaired) electrons. The van der Waals surface area contributed by atoms with Gasteiger partial charge in [0.2, 0.25) is 0 Å². The van der Waals surface area contributed by atoms with Crippen molar-refractivity contribution >= 4 is 50.8 Å². The van der Waals surface area contributed by atoms with Crippen LogP contribution in [0.2, 0.25) is 0 Å². The molecule has 1 amide bonds. The molecule has 5 nitrogen and oxygen atoms in total. The molecule has 0 fully saturated rings. The van der Waals surface area contributed by atoms with Gasteiger partial charge in [-0.15, -0.1) is 0 Å². The third-order valence-corrected chi connectivity index (χ3v) is 6.13. The molecule has 0 saturated carbocycles. The van der Waals surface area contributed by atoms with Gasteiger partial charge in [-0.3, -0.25) is 4.79 Å². The summed E-state index contributed by atoms with van der Waals surface area (Å²) in [6, 6.07) is 24.2. The first-order valence-corrected chi connectivity index (χ1v) is 11.6. The van der Waals surface area contributed by atoms with Crippen molar-refractivity contribution < 1.29 is 4.79 Å². The molecule has 7 heteroatoms. The second-order valence-electron chi connectivity index (χ2n) is 7.09. The Morgan fingerprint density at radius 1 is 1.13 bits per heavy atom. The van der Waals surface area contributed by atoms with E-state index >= 15 is 0 Å². The highest BCUT2D eigenvalue weighted by Crippen LogP contribution is 2.25. The Bertz CT molecular complexity index is 1230. The number of hydrogen-bond acceptors (Lipinski definition) is 4. The zero-order chi connectivity index (χ0) is 21.6. The Labute approximate surface area is 193 Å². The number of halogens is 1. The lowest BCUT2D eigenvalue weighted by atomic mass is 10.1. The van der Waals surface area contributed by atoms with E-state index < -0.39 is 0 Å². The first kappa shape index (κ1) is 21.3. The zero-order valence-electron chi connectivity index (χ0n) is 17.0. The van der Waals surface area contributed by atoms with Crippen molar-refractivity contribution in [3.63, 3.8) is 0 Å². The number of hydrazone groups is 1. The monoisotopic (exact) mass is 492 g/mol. The summed E-state index contributed by atoms with van der Waals surface area (Å²) in [5.74, 6) is 0.0535. The molecule has 1 aromatic heterocycles. The molecule has 1 N–H and O–H groups in total. The van der Waals surface area contributed by atoms with Crippen LogP contribution in [0.1, 0.15) is 16.7 Å². The maximum Gasteiger partial charge on any atom is 0.250 e. The van der Waals surface area contributed by atoms with Gasteiger partial charge in [0.05, 0.1) is 29.5 Å². The highest BCUT2D eigenvalue weighted by Gasteiger charge is 2.13. The van der Waals surface area contributed by atoms with E-state index in [-0.39, 0.29) is 11.7 Å². The molecule has 0 aliphatic rings. The van der Waals surface area contributed by atoms with Gasteiger partial charge in [0.25, 0.3) is 5.91 Å². The number of benzene rings is 3. The average Bonchev–Trinajstić information content (AvgIpc) is 3.11. The van der Waals surface area contributed by atoms with Crippen LogP contribution in [0.3, 0.4) is 0 Å². The largest absolute Gasteiger partial charge is 0.314 e. The van der Waals surface area contributed by atoms with Crippen molar-refractivity contribution in [1.82, 2.24) is 15.0 Å². The summed E-state index contributed by atoms with van der Waals surface area (Å²) < 4.78 is 3.12. The standard InChI is InChI=1S/C24H21BrN4OS/c1-17-9-11-18(12-10-17)15-29-22-8-3-2-7-21(22)27-24(29)31-16-23(30)28-26-14-19-5-4-6-20(25)13-19/h2-14H,15-16H2,1H3,(H,28,30). The Balaban J connectivity index is 1.45. The van der Waals surface area contributed by atoms with Gasteiger partial charge in [-0.25, -0.2) is 10.4 Å². The summed E-state index contributed by atoms with van der Waals surface area (Å²) in [6.07, 6.45) is 1.62. The van der Waals surface area contributed by atoms with E-state index in [9.17, 15) is 4.79 Å². The topological polar surface area (TPSA) is 59.3 Å². The van der Waals surface area contributed by atoms with E-state index in [1.165, 1.54) is 22.9 Å². The summed E-state index contributed by atoms with van der Waals surface area (Å²) in [5, 5.41) is 4.86. The van der Waals surface area contributed by atoms with Crippen molar-refractivity contribution in [2.75, 3.05) is 5.75 Å².